The van der Waals surface area contributed by atoms with Gasteiger partial charge in [-0.3, -0.25) is 10.2 Å². The van der Waals surface area contributed by atoms with Gasteiger partial charge in [-0.15, -0.1) is 11.8 Å². The highest BCUT2D eigenvalue weighted by Crippen LogP contribution is 2.23. The normalized spacial score (nSPS) is 10.6. The molecule has 0 saturated heterocycles. The molecule has 0 aromatic heterocycles. The zero-order valence-electron chi connectivity index (χ0n) is 10.6. The average molecular weight is 252 g/mol. The van der Waals surface area contributed by atoms with Gasteiger partial charge in [0.2, 0.25) is 5.91 Å². The summed E-state index contributed by atoms with van der Waals surface area (Å²) < 4.78 is 0. The van der Waals surface area contributed by atoms with Crippen LogP contribution >= 0.6 is 11.8 Å². The number of hydrazine groups is 1. The maximum absolute atomic E-state index is 11.3. The van der Waals surface area contributed by atoms with E-state index in [0.717, 1.165) is 6.42 Å². The molecule has 0 fully saturated rings. The van der Waals surface area contributed by atoms with Crippen LogP contribution in [0.2, 0.25) is 0 Å². The fraction of sp³-hybridized carbons (Fsp3) is 0.462. The lowest BCUT2D eigenvalue weighted by Gasteiger charge is -2.06. The van der Waals surface area contributed by atoms with Crippen molar-refractivity contribution in [2.75, 3.05) is 7.05 Å². The topological polar surface area (TPSA) is 41.1 Å². The number of rotatable bonds is 6. The molecule has 4 heteroatoms. The molecule has 0 unspecified atom stereocenters. The van der Waals surface area contributed by atoms with Crippen LogP contribution in [0.15, 0.2) is 29.2 Å². The van der Waals surface area contributed by atoms with Gasteiger partial charge in [-0.05, 0) is 24.1 Å². The Bertz CT molecular complexity index is 349. The van der Waals surface area contributed by atoms with Crippen LogP contribution in [0.5, 0.6) is 0 Å². The van der Waals surface area contributed by atoms with Gasteiger partial charge >= 0.3 is 0 Å². The first-order valence-corrected chi connectivity index (χ1v) is 6.71. The van der Waals surface area contributed by atoms with E-state index in [4.69, 9.17) is 0 Å². The Morgan fingerprint density at radius 3 is 2.47 bits per heavy atom. The molecule has 0 bridgehead atoms. The van der Waals surface area contributed by atoms with E-state index in [9.17, 15) is 4.79 Å². The predicted molar refractivity (Wildman–Crippen MR) is 73.0 cm³/mol. The van der Waals surface area contributed by atoms with E-state index in [-0.39, 0.29) is 5.91 Å². The number of carbonyl (C=O) groups excluding carboxylic acids is 1. The molecule has 17 heavy (non-hydrogen) atoms. The quantitative estimate of drug-likeness (QED) is 0.603. The number of amides is 1. The van der Waals surface area contributed by atoms with Crippen molar-refractivity contribution in [3.8, 4) is 0 Å². The lowest BCUT2D eigenvalue weighted by atomic mass is 10.1. The monoisotopic (exact) mass is 252 g/mol. The Kier molecular flexibility index (Phi) is 6.08. The fourth-order valence-electron chi connectivity index (χ4n) is 1.47. The second-order valence-electron chi connectivity index (χ2n) is 4.11. The maximum Gasteiger partial charge on any atom is 0.234 e. The van der Waals surface area contributed by atoms with Crippen molar-refractivity contribution in [3.63, 3.8) is 0 Å². The first-order valence-electron chi connectivity index (χ1n) is 5.83. The van der Waals surface area contributed by atoms with Crippen LogP contribution < -0.4 is 10.9 Å². The van der Waals surface area contributed by atoms with Crippen molar-refractivity contribution in [1.82, 2.24) is 10.9 Å². The lowest BCUT2D eigenvalue weighted by Crippen LogP contribution is -2.34. The fourth-order valence-corrected chi connectivity index (χ4v) is 2.30. The highest BCUT2D eigenvalue weighted by Gasteiger charge is 2.02. The molecule has 0 aliphatic rings. The largest absolute Gasteiger partial charge is 0.292 e. The Morgan fingerprint density at radius 2 is 1.94 bits per heavy atom. The van der Waals surface area contributed by atoms with Gasteiger partial charge in [-0.1, -0.05) is 26.0 Å². The number of hydrogen-bond donors (Lipinski definition) is 2. The summed E-state index contributed by atoms with van der Waals surface area (Å²) in [7, 11) is 1.69. The Hall–Kier alpha value is -1.00. The number of thioether (sulfide) groups is 1. The summed E-state index contributed by atoms with van der Waals surface area (Å²) in [5.74, 6) is 0.0214. The summed E-state index contributed by atoms with van der Waals surface area (Å²) in [6, 6.07) is 8.43. The maximum atomic E-state index is 11.3. The highest BCUT2D eigenvalue weighted by atomic mass is 32.2. The number of carbonyl (C=O) groups is 1. The van der Waals surface area contributed by atoms with Crippen LogP contribution in [0.4, 0.5) is 0 Å². The second kappa shape index (κ2) is 7.35. The SMILES string of the molecule is CNNC(=O)CCc1ccc(SC(C)C)cc1. The van der Waals surface area contributed by atoms with Gasteiger partial charge < -0.3 is 0 Å². The summed E-state index contributed by atoms with van der Waals surface area (Å²) >= 11 is 1.85. The van der Waals surface area contributed by atoms with Crippen molar-refractivity contribution >= 4 is 17.7 Å². The number of benzene rings is 1. The summed E-state index contributed by atoms with van der Waals surface area (Å²) in [5.41, 5.74) is 6.39. The van der Waals surface area contributed by atoms with Gasteiger partial charge in [0, 0.05) is 23.6 Å². The van der Waals surface area contributed by atoms with Crippen molar-refractivity contribution in [2.45, 2.75) is 36.8 Å². The summed E-state index contributed by atoms with van der Waals surface area (Å²) in [5, 5.41) is 0.599. The molecule has 1 amide bonds. The van der Waals surface area contributed by atoms with Crippen LogP contribution in [0.1, 0.15) is 25.8 Å². The van der Waals surface area contributed by atoms with Crippen LogP contribution in [-0.2, 0) is 11.2 Å². The Labute approximate surface area is 107 Å². The molecule has 2 N–H and O–H groups in total. The van der Waals surface area contributed by atoms with Gasteiger partial charge in [-0.2, -0.15) is 0 Å². The number of aryl methyl sites for hydroxylation is 1. The first-order chi connectivity index (χ1) is 8.11. The van der Waals surface area contributed by atoms with E-state index in [1.807, 2.05) is 11.8 Å². The molecule has 0 aliphatic carbocycles. The Balaban J connectivity index is 2.42. The minimum absolute atomic E-state index is 0.0214. The third kappa shape index (κ3) is 5.75. The molecule has 0 radical (unpaired) electrons. The van der Waals surface area contributed by atoms with E-state index in [1.54, 1.807) is 7.05 Å². The molecule has 1 aromatic rings. The molecule has 0 spiro atoms. The van der Waals surface area contributed by atoms with Crippen LogP contribution in [0.25, 0.3) is 0 Å². The molecule has 1 aromatic carbocycles. The zero-order chi connectivity index (χ0) is 12.7. The van der Waals surface area contributed by atoms with E-state index in [0.29, 0.717) is 11.7 Å². The predicted octanol–water partition coefficient (Wildman–Crippen LogP) is 2.37. The van der Waals surface area contributed by atoms with E-state index in [1.165, 1.54) is 10.5 Å². The average Bonchev–Trinajstić information content (AvgIpc) is 2.28. The van der Waals surface area contributed by atoms with E-state index < -0.39 is 0 Å². The number of hydrogen-bond acceptors (Lipinski definition) is 3. The molecular formula is C13H20N2OS. The van der Waals surface area contributed by atoms with Crippen molar-refractivity contribution in [1.29, 1.82) is 0 Å². The zero-order valence-corrected chi connectivity index (χ0v) is 11.4. The molecule has 0 atom stereocenters. The molecule has 0 aliphatic heterocycles. The van der Waals surface area contributed by atoms with Crippen LogP contribution in [-0.4, -0.2) is 18.2 Å². The van der Waals surface area contributed by atoms with E-state index >= 15 is 0 Å². The standard InChI is InChI=1S/C13H20N2OS/c1-10(2)17-12-7-4-11(5-8-12)6-9-13(16)15-14-3/h4-5,7-8,10,14H,6,9H2,1-3H3,(H,15,16). The van der Waals surface area contributed by atoms with Crippen molar-refractivity contribution in [3.05, 3.63) is 29.8 Å². The number of nitrogens with one attached hydrogen (secondary N) is 2. The van der Waals surface area contributed by atoms with Gasteiger partial charge in [-0.25, -0.2) is 5.43 Å². The van der Waals surface area contributed by atoms with Gasteiger partial charge in [0.15, 0.2) is 0 Å². The third-order valence-corrected chi connectivity index (χ3v) is 3.22. The molecule has 1 rings (SSSR count). The lowest BCUT2D eigenvalue weighted by molar-refractivity contribution is -0.121. The smallest absolute Gasteiger partial charge is 0.234 e. The summed E-state index contributed by atoms with van der Waals surface area (Å²) in [4.78, 5) is 12.5. The molecular weight excluding hydrogens is 232 g/mol. The van der Waals surface area contributed by atoms with Crippen LogP contribution in [0, 0.1) is 0 Å². The summed E-state index contributed by atoms with van der Waals surface area (Å²) in [6.45, 7) is 4.36. The highest BCUT2D eigenvalue weighted by molar-refractivity contribution is 7.99. The molecule has 3 nitrogen and oxygen atoms in total. The minimum atomic E-state index is 0.0214. The van der Waals surface area contributed by atoms with Crippen LogP contribution in [0.3, 0.4) is 0 Å². The van der Waals surface area contributed by atoms with E-state index in [2.05, 4.69) is 49.0 Å². The third-order valence-electron chi connectivity index (χ3n) is 2.20. The first kappa shape index (κ1) is 14.1. The van der Waals surface area contributed by atoms with Crippen molar-refractivity contribution in [2.24, 2.45) is 0 Å². The summed E-state index contributed by atoms with van der Waals surface area (Å²) in [6.07, 6.45) is 1.29. The Morgan fingerprint density at radius 1 is 1.29 bits per heavy atom. The van der Waals surface area contributed by atoms with Gasteiger partial charge in [0.25, 0.3) is 0 Å². The molecule has 0 saturated carbocycles. The van der Waals surface area contributed by atoms with Crippen molar-refractivity contribution < 1.29 is 4.79 Å². The molecule has 0 heterocycles. The second-order valence-corrected chi connectivity index (χ2v) is 5.76. The van der Waals surface area contributed by atoms with Gasteiger partial charge in [0.05, 0.1) is 0 Å². The van der Waals surface area contributed by atoms with Gasteiger partial charge in [0.1, 0.15) is 0 Å². The molecule has 94 valence electrons. The minimum Gasteiger partial charge on any atom is -0.292 e.